The molecule has 1 rings (SSSR count). The number of halogens is 6. The van der Waals surface area contributed by atoms with Crippen molar-refractivity contribution >= 4 is 24.6 Å². The highest BCUT2D eigenvalue weighted by Gasteiger charge is 2.45. The van der Waals surface area contributed by atoms with Gasteiger partial charge in [-0.3, -0.25) is 9.59 Å². The number of rotatable bonds is 5. The molecule has 0 saturated heterocycles. The lowest BCUT2D eigenvalue weighted by Crippen LogP contribution is -2.42. The normalized spacial score (nSPS) is 18.3. The fraction of sp³-hybridized carbons (Fsp3) is 0.667. The summed E-state index contributed by atoms with van der Waals surface area (Å²) < 4.78 is 72.1. The zero-order chi connectivity index (χ0) is 17.0. The second-order valence-corrected chi connectivity index (χ2v) is 4.18. The summed E-state index contributed by atoms with van der Waals surface area (Å²) in [5.74, 6) is -2.08. The molecule has 0 fully saturated rings. The van der Waals surface area contributed by atoms with Crippen LogP contribution in [-0.2, 0) is 9.63 Å². The highest BCUT2D eigenvalue weighted by molar-refractivity contribution is 6.98. The monoisotopic (exact) mass is 332 g/mol. The summed E-state index contributed by atoms with van der Waals surface area (Å²) >= 11 is 0. The lowest BCUT2D eigenvalue weighted by molar-refractivity contribution is -0.212. The third-order valence-electron chi connectivity index (χ3n) is 2.26. The van der Waals surface area contributed by atoms with E-state index >= 15 is 0 Å². The van der Waals surface area contributed by atoms with Crippen molar-refractivity contribution in [2.45, 2.75) is 24.9 Å². The minimum atomic E-state index is -4.63. The summed E-state index contributed by atoms with van der Waals surface area (Å²) in [5, 5.41) is 6.46. The molecular formula is C9H9BF6N3O3. The number of hydrogen-bond acceptors (Lipinski definition) is 4. The van der Waals surface area contributed by atoms with Crippen LogP contribution in [-0.4, -0.2) is 56.2 Å². The summed E-state index contributed by atoms with van der Waals surface area (Å²) in [4.78, 5) is 26.3. The Morgan fingerprint density at radius 1 is 1.23 bits per heavy atom. The van der Waals surface area contributed by atoms with E-state index < -0.39 is 49.7 Å². The number of amides is 2. The van der Waals surface area contributed by atoms with E-state index in [1.165, 1.54) is 5.32 Å². The molecular weight excluding hydrogens is 323 g/mol. The summed E-state index contributed by atoms with van der Waals surface area (Å²) in [6.07, 6.45) is -12.0. The quantitative estimate of drug-likeness (QED) is 0.576. The lowest BCUT2D eigenvalue weighted by Gasteiger charge is -2.11. The third kappa shape index (κ3) is 6.67. The van der Waals surface area contributed by atoms with Gasteiger partial charge < -0.3 is 15.5 Å². The van der Waals surface area contributed by atoms with Gasteiger partial charge >= 0.3 is 12.4 Å². The van der Waals surface area contributed by atoms with Gasteiger partial charge in [0.2, 0.25) is 12.0 Å². The Hall–Kier alpha value is -1.95. The summed E-state index contributed by atoms with van der Waals surface area (Å²) in [6.45, 7) is -2.32. The van der Waals surface area contributed by atoms with E-state index in [1.807, 2.05) is 5.32 Å². The Balaban J connectivity index is 2.26. The zero-order valence-electron chi connectivity index (χ0n) is 10.7. The predicted molar refractivity (Wildman–Crippen MR) is 61.2 cm³/mol. The Morgan fingerprint density at radius 3 is 2.36 bits per heavy atom. The molecule has 22 heavy (non-hydrogen) atoms. The van der Waals surface area contributed by atoms with Crippen LogP contribution in [0.15, 0.2) is 5.16 Å². The van der Waals surface area contributed by atoms with Crippen molar-refractivity contribution in [3.8, 4) is 0 Å². The molecule has 0 aromatic carbocycles. The van der Waals surface area contributed by atoms with Gasteiger partial charge in [-0.2, -0.15) is 26.3 Å². The maximum absolute atomic E-state index is 12.2. The van der Waals surface area contributed by atoms with Crippen LogP contribution < -0.4 is 10.6 Å². The Kier molecular flexibility index (Phi) is 5.66. The van der Waals surface area contributed by atoms with Crippen LogP contribution in [0.1, 0.15) is 6.42 Å². The van der Waals surface area contributed by atoms with Gasteiger partial charge in [-0.1, -0.05) is 0 Å². The molecule has 0 aromatic rings. The standard InChI is InChI=1S/C9H9BF6N3O3/c11-8(12,13)3-18-6(20)2-17-7(21)10-5-1-4(22-19-5)9(14,15)16/h4H,1-3H2,(H,17,21)(H,18,20). The number of alkyl halides is 6. The van der Waals surface area contributed by atoms with Crippen LogP contribution in [0.3, 0.4) is 0 Å². The van der Waals surface area contributed by atoms with Crippen molar-refractivity contribution < 1.29 is 40.8 Å². The molecule has 1 radical (unpaired) electrons. The first-order chi connectivity index (χ1) is 9.97. The Bertz CT molecular complexity index is 464. The minimum Gasteiger partial charge on any atom is -0.383 e. The van der Waals surface area contributed by atoms with Gasteiger partial charge in [-0.25, -0.2) is 0 Å². The van der Waals surface area contributed by atoms with Crippen LogP contribution >= 0.6 is 0 Å². The Morgan fingerprint density at radius 2 is 1.86 bits per heavy atom. The highest BCUT2D eigenvalue weighted by atomic mass is 19.4. The van der Waals surface area contributed by atoms with E-state index in [1.54, 1.807) is 0 Å². The van der Waals surface area contributed by atoms with Crippen LogP contribution in [0.5, 0.6) is 0 Å². The highest BCUT2D eigenvalue weighted by Crippen LogP contribution is 2.28. The van der Waals surface area contributed by atoms with Gasteiger partial charge in [0, 0.05) is 12.0 Å². The summed E-state index contributed by atoms with van der Waals surface area (Å²) in [5.41, 5.74) is -0.296. The molecule has 13 heteroatoms. The van der Waals surface area contributed by atoms with E-state index in [0.717, 1.165) is 0 Å². The molecule has 1 aliphatic rings. The fourth-order valence-electron chi connectivity index (χ4n) is 1.29. The second-order valence-electron chi connectivity index (χ2n) is 4.18. The Labute approximate surface area is 120 Å². The van der Waals surface area contributed by atoms with Crippen LogP contribution in [0, 0.1) is 0 Å². The molecule has 0 bridgehead atoms. The maximum Gasteiger partial charge on any atom is 0.428 e. The van der Waals surface area contributed by atoms with E-state index in [9.17, 15) is 35.9 Å². The van der Waals surface area contributed by atoms with Gasteiger partial charge in [0.15, 0.2) is 5.81 Å². The largest absolute Gasteiger partial charge is 0.428 e. The average molecular weight is 332 g/mol. The van der Waals surface area contributed by atoms with Gasteiger partial charge in [-0.15, -0.1) is 5.16 Å². The molecule has 6 nitrogen and oxygen atoms in total. The zero-order valence-corrected chi connectivity index (χ0v) is 10.7. The number of hydrogen-bond donors (Lipinski definition) is 2. The van der Waals surface area contributed by atoms with Crippen molar-refractivity contribution in [2.24, 2.45) is 5.16 Å². The van der Waals surface area contributed by atoms with Crippen LogP contribution in [0.25, 0.3) is 0 Å². The first kappa shape index (κ1) is 18.1. The number of nitrogens with zero attached hydrogens (tertiary/aromatic N) is 1. The third-order valence-corrected chi connectivity index (χ3v) is 2.26. The van der Waals surface area contributed by atoms with Gasteiger partial charge in [0.1, 0.15) is 6.54 Å². The summed E-state index contributed by atoms with van der Waals surface area (Å²) in [6, 6.07) is 0. The summed E-state index contributed by atoms with van der Waals surface area (Å²) in [7, 11) is 0.669. The maximum atomic E-state index is 12.2. The molecule has 2 amide bonds. The minimum absolute atomic E-state index is 0.296. The van der Waals surface area contributed by atoms with Crippen molar-refractivity contribution in [2.75, 3.05) is 13.1 Å². The second kappa shape index (κ2) is 6.88. The fourth-order valence-corrected chi connectivity index (χ4v) is 1.29. The molecule has 0 aromatic heterocycles. The molecule has 0 aliphatic carbocycles. The van der Waals surface area contributed by atoms with Gasteiger partial charge in [0.05, 0.1) is 6.54 Å². The number of oxime groups is 1. The number of carbonyl (C=O) groups excluding carboxylic acids is 2. The number of carbonyl (C=O) groups is 2. The van der Waals surface area contributed by atoms with E-state index in [-0.39, 0.29) is 5.61 Å². The van der Waals surface area contributed by atoms with Crippen LogP contribution in [0.4, 0.5) is 31.1 Å². The first-order valence-electron chi connectivity index (χ1n) is 5.73. The van der Waals surface area contributed by atoms with Crippen molar-refractivity contribution in [1.82, 2.24) is 10.6 Å². The van der Waals surface area contributed by atoms with Crippen molar-refractivity contribution in [1.29, 1.82) is 0 Å². The molecule has 1 unspecified atom stereocenters. The first-order valence-corrected chi connectivity index (χ1v) is 5.73. The van der Waals surface area contributed by atoms with E-state index in [2.05, 4.69) is 9.99 Å². The van der Waals surface area contributed by atoms with E-state index in [4.69, 9.17) is 0 Å². The smallest absolute Gasteiger partial charge is 0.383 e. The lowest BCUT2D eigenvalue weighted by atomic mass is 9.69. The molecule has 1 atom stereocenters. The molecule has 1 aliphatic heterocycles. The topological polar surface area (TPSA) is 79.8 Å². The predicted octanol–water partition coefficient (Wildman–Crippen LogP) is 0.743. The van der Waals surface area contributed by atoms with Crippen molar-refractivity contribution in [3.05, 3.63) is 0 Å². The van der Waals surface area contributed by atoms with Crippen molar-refractivity contribution in [3.63, 3.8) is 0 Å². The van der Waals surface area contributed by atoms with E-state index in [0.29, 0.717) is 7.28 Å². The SMILES string of the molecule is O=C([B]C1=NOC(C(F)(F)F)C1)NCC(=O)NCC(F)(F)F. The molecule has 1 heterocycles. The van der Waals surface area contributed by atoms with Crippen LogP contribution in [0.2, 0.25) is 0 Å². The van der Waals surface area contributed by atoms with Gasteiger partial charge in [-0.05, 0) is 0 Å². The molecule has 2 N–H and O–H groups in total. The van der Waals surface area contributed by atoms with Gasteiger partial charge in [0.25, 0.3) is 7.28 Å². The number of nitrogens with one attached hydrogen (secondary N) is 2. The molecule has 0 saturated carbocycles. The molecule has 0 spiro atoms. The molecule has 123 valence electrons. The average Bonchev–Trinajstić information content (AvgIpc) is 2.81.